The van der Waals surface area contributed by atoms with Gasteiger partial charge in [0.25, 0.3) is 0 Å². The number of alkyl halides is 3. The second-order valence-corrected chi connectivity index (χ2v) is 8.26. The van der Waals surface area contributed by atoms with Gasteiger partial charge in [0.05, 0.1) is 10.4 Å². The van der Waals surface area contributed by atoms with Gasteiger partial charge in [0.15, 0.2) is 0 Å². The summed E-state index contributed by atoms with van der Waals surface area (Å²) in [5, 5.41) is 3.28. The van der Waals surface area contributed by atoms with Crippen molar-refractivity contribution in [2.24, 2.45) is 0 Å². The summed E-state index contributed by atoms with van der Waals surface area (Å²) in [4.78, 5) is 3.22. The fourth-order valence-electron chi connectivity index (χ4n) is 2.91. The molecule has 0 saturated carbocycles. The van der Waals surface area contributed by atoms with Crippen LogP contribution in [0.2, 0.25) is 4.34 Å². The molecule has 1 atom stereocenters. The second kappa shape index (κ2) is 7.84. The molecule has 136 valence electrons. The van der Waals surface area contributed by atoms with Crippen molar-refractivity contribution >= 4 is 38.9 Å². The Morgan fingerprint density at radius 2 is 1.92 bits per heavy atom. The van der Waals surface area contributed by atoms with E-state index in [-0.39, 0.29) is 11.8 Å². The first-order valence-corrected chi connectivity index (χ1v) is 9.57. The van der Waals surface area contributed by atoms with Crippen LogP contribution in [0.1, 0.15) is 16.5 Å². The van der Waals surface area contributed by atoms with Gasteiger partial charge in [0, 0.05) is 35.5 Å². The Hall–Kier alpha value is -0.800. The van der Waals surface area contributed by atoms with Gasteiger partial charge in [-0.2, -0.15) is 0 Å². The van der Waals surface area contributed by atoms with Crippen molar-refractivity contribution in [1.82, 2.24) is 10.2 Å². The molecule has 1 aliphatic heterocycles. The molecule has 0 spiro atoms. The van der Waals surface area contributed by atoms with Gasteiger partial charge in [-0.25, -0.2) is 0 Å². The van der Waals surface area contributed by atoms with E-state index in [1.54, 1.807) is 0 Å². The molecule has 9 heteroatoms. The predicted molar refractivity (Wildman–Crippen MR) is 96.4 cm³/mol. The second-order valence-electron chi connectivity index (χ2n) is 5.60. The van der Waals surface area contributed by atoms with Crippen molar-refractivity contribution in [1.29, 1.82) is 0 Å². The number of benzene rings is 1. The van der Waals surface area contributed by atoms with Gasteiger partial charge in [-0.3, -0.25) is 4.90 Å². The number of piperazine rings is 1. The van der Waals surface area contributed by atoms with Crippen LogP contribution in [0.25, 0.3) is 0 Å². The maximum absolute atomic E-state index is 12.6. The van der Waals surface area contributed by atoms with Crippen LogP contribution < -0.4 is 10.1 Å². The zero-order chi connectivity index (χ0) is 18.0. The number of rotatable bonds is 4. The third-order valence-corrected chi connectivity index (χ3v) is 5.56. The highest BCUT2D eigenvalue weighted by Crippen LogP contribution is 2.38. The molecule has 2 heterocycles. The van der Waals surface area contributed by atoms with Crippen molar-refractivity contribution in [2.45, 2.75) is 12.4 Å². The topological polar surface area (TPSA) is 24.5 Å². The number of hydrogen-bond acceptors (Lipinski definition) is 4. The predicted octanol–water partition coefficient (Wildman–Crippen LogP) is 5.06. The Balaban J connectivity index is 2.00. The number of hydrogen-bond donors (Lipinski definition) is 1. The largest absolute Gasteiger partial charge is 0.573 e. The summed E-state index contributed by atoms with van der Waals surface area (Å²) in [6.45, 7) is 3.25. The van der Waals surface area contributed by atoms with Crippen LogP contribution in [0.15, 0.2) is 34.8 Å². The van der Waals surface area contributed by atoms with Crippen LogP contribution >= 0.6 is 38.9 Å². The number of halogens is 5. The summed E-state index contributed by atoms with van der Waals surface area (Å²) in [6, 6.07) is 8.13. The normalized spacial score (nSPS) is 17.5. The van der Waals surface area contributed by atoms with E-state index in [2.05, 4.69) is 30.9 Å². The fraction of sp³-hybridized carbons (Fsp3) is 0.375. The molecule has 25 heavy (non-hydrogen) atoms. The first kappa shape index (κ1) is 19.0. The summed E-state index contributed by atoms with van der Waals surface area (Å²) in [5.41, 5.74) is 0.731. The van der Waals surface area contributed by atoms with Gasteiger partial charge < -0.3 is 10.1 Å². The molecule has 3 rings (SSSR count). The smallest absolute Gasteiger partial charge is 0.406 e. The van der Waals surface area contributed by atoms with E-state index in [4.69, 9.17) is 11.6 Å². The molecule has 2 aromatic rings. The maximum atomic E-state index is 12.6. The number of nitrogens with one attached hydrogen (secondary N) is 1. The SMILES string of the molecule is FC(F)(F)Oc1cc(Br)cc([C@@H](c2ccc(Cl)s2)N2CCNCC2)c1. The Morgan fingerprint density at radius 3 is 2.52 bits per heavy atom. The standard InChI is InChI=1S/C16H15BrClF3N2OS/c17-11-7-10(8-12(9-11)24-16(19,20)21)15(13-1-2-14(18)25-13)23-5-3-22-4-6-23/h1-2,7-9,15,22H,3-6H2/t15-/m0/s1. The number of nitrogens with zero attached hydrogens (tertiary/aromatic N) is 1. The molecule has 1 aromatic heterocycles. The van der Waals surface area contributed by atoms with E-state index < -0.39 is 6.36 Å². The maximum Gasteiger partial charge on any atom is 0.573 e. The molecular weight excluding hydrogens is 441 g/mol. The van der Waals surface area contributed by atoms with Crippen molar-refractivity contribution < 1.29 is 17.9 Å². The summed E-state index contributed by atoms with van der Waals surface area (Å²) in [6.07, 6.45) is -4.73. The van der Waals surface area contributed by atoms with Crippen LogP contribution in [-0.4, -0.2) is 37.4 Å². The Bertz CT molecular complexity index is 734. The Labute approximate surface area is 160 Å². The van der Waals surface area contributed by atoms with Gasteiger partial charge in [-0.05, 0) is 35.9 Å². The summed E-state index contributed by atoms with van der Waals surface area (Å²) >= 11 is 10.8. The number of ether oxygens (including phenoxy) is 1. The third kappa shape index (κ3) is 5.10. The lowest BCUT2D eigenvalue weighted by Gasteiger charge is -2.35. The Kier molecular flexibility index (Phi) is 5.95. The van der Waals surface area contributed by atoms with Crippen LogP contribution in [0.5, 0.6) is 5.75 Å². The van der Waals surface area contributed by atoms with Gasteiger partial charge in [-0.1, -0.05) is 27.5 Å². The summed E-state index contributed by atoms with van der Waals surface area (Å²) < 4.78 is 43.1. The van der Waals surface area contributed by atoms with Crippen LogP contribution in [0.4, 0.5) is 13.2 Å². The van der Waals surface area contributed by atoms with E-state index in [1.165, 1.54) is 23.5 Å². The Morgan fingerprint density at radius 1 is 1.20 bits per heavy atom. The fourth-order valence-corrected chi connectivity index (χ4v) is 4.62. The molecule has 0 bridgehead atoms. The lowest BCUT2D eigenvalue weighted by molar-refractivity contribution is -0.274. The molecule has 1 aliphatic rings. The van der Waals surface area contributed by atoms with E-state index in [9.17, 15) is 13.2 Å². The van der Waals surface area contributed by atoms with Crippen molar-refractivity contribution in [3.63, 3.8) is 0 Å². The molecule has 0 aliphatic carbocycles. The number of thiophene rings is 1. The molecule has 3 nitrogen and oxygen atoms in total. The molecular formula is C16H15BrClF3N2OS. The molecule has 1 N–H and O–H groups in total. The first-order chi connectivity index (χ1) is 11.8. The average molecular weight is 456 g/mol. The molecule has 0 amide bonds. The van der Waals surface area contributed by atoms with Gasteiger partial charge >= 0.3 is 6.36 Å². The molecule has 1 saturated heterocycles. The highest BCUT2D eigenvalue weighted by Gasteiger charge is 2.32. The third-order valence-electron chi connectivity index (χ3n) is 3.82. The lowest BCUT2D eigenvalue weighted by atomic mass is 10.0. The van der Waals surface area contributed by atoms with Crippen molar-refractivity contribution in [3.8, 4) is 5.75 Å². The van der Waals surface area contributed by atoms with E-state index >= 15 is 0 Å². The highest BCUT2D eigenvalue weighted by atomic mass is 79.9. The van der Waals surface area contributed by atoms with E-state index in [0.717, 1.165) is 36.6 Å². The first-order valence-electron chi connectivity index (χ1n) is 7.58. The summed E-state index contributed by atoms with van der Waals surface area (Å²) in [7, 11) is 0. The molecule has 0 radical (unpaired) electrons. The monoisotopic (exact) mass is 454 g/mol. The van der Waals surface area contributed by atoms with Crippen molar-refractivity contribution in [2.75, 3.05) is 26.2 Å². The molecule has 1 fully saturated rings. The minimum atomic E-state index is -4.73. The quantitative estimate of drug-likeness (QED) is 0.698. The van der Waals surface area contributed by atoms with E-state index in [1.807, 2.05) is 18.2 Å². The van der Waals surface area contributed by atoms with Gasteiger partial charge in [-0.15, -0.1) is 24.5 Å². The average Bonchev–Trinajstić information content (AvgIpc) is 2.92. The van der Waals surface area contributed by atoms with Crippen molar-refractivity contribution in [3.05, 3.63) is 49.6 Å². The van der Waals surface area contributed by atoms with Crippen LogP contribution in [0, 0.1) is 0 Å². The zero-order valence-corrected chi connectivity index (χ0v) is 16.1. The van der Waals surface area contributed by atoms with Gasteiger partial charge in [0.1, 0.15) is 5.75 Å². The molecule has 0 unspecified atom stereocenters. The van der Waals surface area contributed by atoms with Crippen LogP contribution in [0.3, 0.4) is 0 Å². The lowest BCUT2D eigenvalue weighted by Crippen LogP contribution is -2.45. The van der Waals surface area contributed by atoms with Crippen LogP contribution in [-0.2, 0) is 0 Å². The summed E-state index contributed by atoms with van der Waals surface area (Å²) in [5.74, 6) is -0.236. The van der Waals surface area contributed by atoms with Gasteiger partial charge in [0.2, 0.25) is 0 Å². The minimum absolute atomic E-state index is 0.173. The van der Waals surface area contributed by atoms with E-state index in [0.29, 0.717) is 8.81 Å². The highest BCUT2D eigenvalue weighted by molar-refractivity contribution is 9.10. The minimum Gasteiger partial charge on any atom is -0.406 e. The molecule has 1 aromatic carbocycles. The zero-order valence-electron chi connectivity index (χ0n) is 12.9.